The van der Waals surface area contributed by atoms with Gasteiger partial charge in [0.2, 0.25) is 0 Å². The van der Waals surface area contributed by atoms with Crippen molar-refractivity contribution in [1.29, 1.82) is 0 Å². The fourth-order valence-electron chi connectivity index (χ4n) is 4.04. The van der Waals surface area contributed by atoms with E-state index >= 15 is 0 Å². The Morgan fingerprint density at radius 3 is 2.56 bits per heavy atom. The van der Waals surface area contributed by atoms with Crippen LogP contribution >= 0.6 is 0 Å². The first-order chi connectivity index (χ1) is 17.4. The zero-order valence-corrected chi connectivity index (χ0v) is 19.7. The molecule has 0 spiro atoms. The van der Waals surface area contributed by atoms with Crippen molar-refractivity contribution in [3.8, 4) is 5.75 Å². The average Bonchev–Trinajstić information content (AvgIpc) is 3.53. The van der Waals surface area contributed by atoms with Crippen molar-refractivity contribution in [3.63, 3.8) is 0 Å². The molecular formula is C25H25N5O6. The van der Waals surface area contributed by atoms with Crippen LogP contribution in [0.1, 0.15) is 34.9 Å². The van der Waals surface area contributed by atoms with Gasteiger partial charge in [0.15, 0.2) is 5.76 Å². The minimum absolute atomic E-state index is 0.0100. The highest BCUT2D eigenvalue weighted by atomic mass is 16.3. The van der Waals surface area contributed by atoms with Crippen LogP contribution < -0.4 is 10.2 Å². The largest absolute Gasteiger partial charge is 0.506 e. The van der Waals surface area contributed by atoms with Crippen LogP contribution in [0, 0.1) is 0 Å². The van der Waals surface area contributed by atoms with E-state index in [1.165, 1.54) is 46.5 Å². The average molecular weight is 492 g/mol. The molecule has 11 heteroatoms. The zero-order chi connectivity index (χ0) is 25.8. The Kier molecular flexibility index (Phi) is 7.00. The lowest BCUT2D eigenvalue weighted by molar-refractivity contribution is -0.120. The lowest BCUT2D eigenvalue weighted by atomic mass is 10.1. The molecule has 2 aromatic heterocycles. The number of furan rings is 1. The zero-order valence-electron chi connectivity index (χ0n) is 19.7. The molecule has 5 amide bonds. The molecule has 2 N–H and O–H groups in total. The number of carbonyl (C=O) groups excluding carboxylic acids is 4. The van der Waals surface area contributed by atoms with E-state index in [9.17, 15) is 24.3 Å². The molecule has 2 saturated heterocycles. The number of phenolic OH excluding ortho intramolecular Hbond substituents is 1. The third-order valence-electron chi connectivity index (χ3n) is 5.71. The first-order valence-corrected chi connectivity index (χ1v) is 11.5. The summed E-state index contributed by atoms with van der Waals surface area (Å²) >= 11 is 0. The second kappa shape index (κ2) is 10.3. The van der Waals surface area contributed by atoms with Crippen molar-refractivity contribution < 1.29 is 28.7 Å². The Labute approximate surface area is 206 Å². The molecule has 36 heavy (non-hydrogen) atoms. The fraction of sp³-hybridized carbons (Fsp3) is 0.240. The van der Waals surface area contributed by atoms with Gasteiger partial charge in [0.25, 0.3) is 17.7 Å². The van der Waals surface area contributed by atoms with Crippen molar-refractivity contribution in [1.82, 2.24) is 14.8 Å². The van der Waals surface area contributed by atoms with Crippen molar-refractivity contribution in [2.24, 2.45) is 0 Å². The molecule has 186 valence electrons. The number of fused-ring (bicyclic) bond motifs is 1. The molecule has 5 rings (SSSR count). The first-order valence-electron chi connectivity index (χ1n) is 11.5. The van der Waals surface area contributed by atoms with E-state index in [4.69, 9.17) is 4.42 Å². The molecule has 1 aromatic carbocycles. The number of phenols is 1. The number of hydrogen-bond donors (Lipinski definition) is 2. The van der Waals surface area contributed by atoms with Crippen LogP contribution in [0.4, 0.5) is 16.2 Å². The normalized spacial score (nSPS) is 16.8. The summed E-state index contributed by atoms with van der Waals surface area (Å²) in [7, 11) is 0. The van der Waals surface area contributed by atoms with Crippen LogP contribution in [0.5, 0.6) is 5.75 Å². The highest BCUT2D eigenvalue weighted by Gasteiger charge is 2.49. The van der Waals surface area contributed by atoms with E-state index in [1.807, 2.05) is 13.8 Å². The molecule has 0 bridgehead atoms. The van der Waals surface area contributed by atoms with E-state index in [0.717, 1.165) is 4.90 Å². The van der Waals surface area contributed by atoms with E-state index in [1.54, 1.807) is 24.3 Å². The van der Waals surface area contributed by atoms with Crippen molar-refractivity contribution in [3.05, 3.63) is 72.4 Å². The quantitative estimate of drug-likeness (QED) is 0.536. The Balaban J connectivity index is 0.00000148. The number of piperazine rings is 1. The number of nitrogens with zero attached hydrogens (tertiary/aromatic N) is 4. The van der Waals surface area contributed by atoms with Crippen molar-refractivity contribution in [2.75, 3.05) is 29.9 Å². The van der Waals surface area contributed by atoms with Gasteiger partial charge in [-0.3, -0.25) is 19.4 Å². The number of hydrogen-bond acceptors (Lipinski definition) is 7. The second-order valence-electron chi connectivity index (χ2n) is 7.77. The van der Waals surface area contributed by atoms with Gasteiger partial charge in [0, 0.05) is 31.0 Å². The number of rotatable bonds is 4. The summed E-state index contributed by atoms with van der Waals surface area (Å²) in [5.74, 6) is -1.59. The van der Waals surface area contributed by atoms with Gasteiger partial charge in [-0.15, -0.1) is 0 Å². The monoisotopic (exact) mass is 491 g/mol. The molecule has 2 fully saturated rings. The third-order valence-corrected chi connectivity index (χ3v) is 5.71. The van der Waals surface area contributed by atoms with Crippen LogP contribution in [-0.4, -0.2) is 69.3 Å². The molecule has 0 saturated carbocycles. The molecule has 4 heterocycles. The molecule has 0 radical (unpaired) electrons. The van der Waals surface area contributed by atoms with Crippen LogP contribution in [0.25, 0.3) is 0 Å². The van der Waals surface area contributed by atoms with Gasteiger partial charge in [0.1, 0.15) is 17.5 Å². The first kappa shape index (κ1) is 24.5. The number of aromatic hydroxyl groups is 1. The maximum absolute atomic E-state index is 13.1. The lowest BCUT2D eigenvalue weighted by Gasteiger charge is -2.34. The smallest absolute Gasteiger partial charge is 0.332 e. The maximum atomic E-state index is 13.1. The number of carbonyl (C=O) groups is 4. The molecule has 2 aliphatic heterocycles. The van der Waals surface area contributed by atoms with Gasteiger partial charge in [-0.25, -0.2) is 9.69 Å². The summed E-state index contributed by atoms with van der Waals surface area (Å²) in [6.45, 7) is 4.42. The van der Waals surface area contributed by atoms with Gasteiger partial charge in [-0.2, -0.15) is 0 Å². The molecule has 2 aliphatic rings. The molecule has 1 unspecified atom stereocenters. The molecular weight excluding hydrogens is 466 g/mol. The number of amides is 5. The van der Waals surface area contributed by atoms with Crippen LogP contribution in [0.2, 0.25) is 0 Å². The standard InChI is InChI=1S/C23H19N5O6.C2H6/c29-18-12-14(25-20(30)15-4-1-2-8-24-15)6-7-16(18)28-21(31)17-13-26(9-10-27(17)23(28)33)22(32)19-5-3-11-34-19;1-2/h1-8,11-12,17,29H,9-10,13H2,(H,25,30);1-2H3. The predicted molar refractivity (Wildman–Crippen MR) is 130 cm³/mol. The summed E-state index contributed by atoms with van der Waals surface area (Å²) in [6, 6.07) is 10.7. The Hall–Kier alpha value is -4.67. The number of pyridine rings is 1. The van der Waals surface area contributed by atoms with Gasteiger partial charge in [-0.05, 0) is 36.4 Å². The van der Waals surface area contributed by atoms with E-state index in [0.29, 0.717) is 0 Å². The molecule has 0 aliphatic carbocycles. The van der Waals surface area contributed by atoms with Crippen LogP contribution in [-0.2, 0) is 4.79 Å². The van der Waals surface area contributed by atoms with E-state index in [-0.39, 0.29) is 54.1 Å². The summed E-state index contributed by atoms with van der Waals surface area (Å²) in [6.07, 6.45) is 2.87. The minimum atomic E-state index is -0.872. The van der Waals surface area contributed by atoms with Gasteiger partial charge < -0.3 is 24.6 Å². The molecule has 11 nitrogen and oxygen atoms in total. The highest BCUT2D eigenvalue weighted by molar-refractivity contribution is 6.22. The summed E-state index contributed by atoms with van der Waals surface area (Å²) in [5, 5.41) is 13.2. The number of aromatic nitrogens is 1. The number of benzene rings is 1. The van der Waals surface area contributed by atoms with Gasteiger partial charge >= 0.3 is 6.03 Å². The number of anilines is 2. The molecule has 1 atom stereocenters. The van der Waals surface area contributed by atoms with Crippen molar-refractivity contribution in [2.45, 2.75) is 19.9 Å². The van der Waals surface area contributed by atoms with E-state index in [2.05, 4.69) is 10.3 Å². The van der Waals surface area contributed by atoms with Crippen LogP contribution in [0.3, 0.4) is 0 Å². The van der Waals surface area contributed by atoms with Crippen LogP contribution in [0.15, 0.2) is 65.4 Å². The van der Waals surface area contributed by atoms with Gasteiger partial charge in [-0.1, -0.05) is 19.9 Å². The Morgan fingerprint density at radius 2 is 1.89 bits per heavy atom. The second-order valence-corrected chi connectivity index (χ2v) is 7.77. The number of urea groups is 1. The highest BCUT2D eigenvalue weighted by Crippen LogP contribution is 2.35. The maximum Gasteiger partial charge on any atom is 0.332 e. The number of imide groups is 1. The van der Waals surface area contributed by atoms with E-state index < -0.39 is 23.9 Å². The summed E-state index contributed by atoms with van der Waals surface area (Å²) in [4.78, 5) is 58.7. The van der Waals surface area contributed by atoms with Gasteiger partial charge in [0.05, 0.1) is 18.5 Å². The molecule has 3 aromatic rings. The lowest BCUT2D eigenvalue weighted by Crippen LogP contribution is -2.54. The van der Waals surface area contributed by atoms with Crippen molar-refractivity contribution >= 4 is 35.1 Å². The Morgan fingerprint density at radius 1 is 1.08 bits per heavy atom. The summed E-state index contributed by atoms with van der Waals surface area (Å²) in [5.41, 5.74) is 0.453. The summed E-state index contributed by atoms with van der Waals surface area (Å²) < 4.78 is 5.15. The Bertz CT molecular complexity index is 1280. The number of nitrogens with one attached hydrogen (secondary N) is 1. The fourth-order valence-corrected chi connectivity index (χ4v) is 4.04. The predicted octanol–water partition coefficient (Wildman–Crippen LogP) is 2.95. The SMILES string of the molecule is CC.O=C(Nc1ccc(N2C(=O)C3CN(C(=O)c4ccco4)CCN3C2=O)c(O)c1)c1ccccn1. The topological polar surface area (TPSA) is 136 Å². The third kappa shape index (κ3) is 4.50. The minimum Gasteiger partial charge on any atom is -0.506 e.